The quantitative estimate of drug-likeness (QED) is 0.678. The van der Waals surface area contributed by atoms with Gasteiger partial charge in [0.2, 0.25) is 11.8 Å². The summed E-state index contributed by atoms with van der Waals surface area (Å²) in [6.07, 6.45) is 1.67. The number of nitrogens with zero attached hydrogens (tertiary/aromatic N) is 5. The fourth-order valence-corrected chi connectivity index (χ4v) is 4.64. The van der Waals surface area contributed by atoms with Gasteiger partial charge in [-0.1, -0.05) is 29.8 Å². The smallest absolute Gasteiger partial charge is 0.238 e. The fraction of sp³-hybridized carbons (Fsp3) is 0.480. The molecule has 1 aromatic heterocycles. The number of piperazine rings is 2. The molecule has 2 aromatic rings. The summed E-state index contributed by atoms with van der Waals surface area (Å²) in [6, 6.07) is 9.79. The van der Waals surface area contributed by atoms with Crippen molar-refractivity contribution in [3.8, 4) is 0 Å². The Bertz CT molecular complexity index is 979. The van der Waals surface area contributed by atoms with E-state index in [1.54, 1.807) is 6.20 Å². The summed E-state index contributed by atoms with van der Waals surface area (Å²) in [4.78, 5) is 38.3. The minimum Gasteiger partial charge on any atom is -0.354 e. The lowest BCUT2D eigenvalue weighted by Crippen LogP contribution is -2.54. The Hall–Kier alpha value is -2.68. The summed E-state index contributed by atoms with van der Waals surface area (Å²) in [7, 11) is 0. The van der Waals surface area contributed by atoms with Crippen LogP contribution in [0.5, 0.6) is 0 Å². The maximum absolute atomic E-state index is 12.8. The number of anilines is 2. The third-order valence-corrected chi connectivity index (χ3v) is 6.83. The second-order valence-electron chi connectivity index (χ2n) is 9.07. The van der Waals surface area contributed by atoms with E-state index in [1.807, 2.05) is 49.1 Å². The number of hydrogen-bond donors (Lipinski definition) is 1. The molecule has 1 aromatic carbocycles. The van der Waals surface area contributed by atoms with Gasteiger partial charge in [-0.05, 0) is 37.1 Å². The molecular weight excluding hydrogens is 452 g/mol. The molecule has 2 aliphatic rings. The summed E-state index contributed by atoms with van der Waals surface area (Å²) in [6.45, 7) is 10.9. The molecule has 0 unspecified atom stereocenters. The first-order valence-corrected chi connectivity index (χ1v) is 12.2. The van der Waals surface area contributed by atoms with Gasteiger partial charge in [-0.3, -0.25) is 19.4 Å². The zero-order valence-corrected chi connectivity index (χ0v) is 20.7. The molecule has 4 rings (SSSR count). The van der Waals surface area contributed by atoms with Gasteiger partial charge in [0.15, 0.2) is 0 Å². The van der Waals surface area contributed by atoms with E-state index in [4.69, 9.17) is 11.6 Å². The molecule has 34 heavy (non-hydrogen) atoms. The van der Waals surface area contributed by atoms with E-state index in [0.29, 0.717) is 44.3 Å². The van der Waals surface area contributed by atoms with E-state index < -0.39 is 0 Å². The molecule has 3 heterocycles. The molecule has 2 amide bonds. The van der Waals surface area contributed by atoms with Crippen molar-refractivity contribution < 1.29 is 9.59 Å². The van der Waals surface area contributed by atoms with Crippen LogP contribution in [0.2, 0.25) is 5.02 Å². The van der Waals surface area contributed by atoms with E-state index in [0.717, 1.165) is 48.8 Å². The van der Waals surface area contributed by atoms with Crippen molar-refractivity contribution in [1.82, 2.24) is 19.7 Å². The van der Waals surface area contributed by atoms with Crippen LogP contribution in [0.15, 0.2) is 36.5 Å². The standard InChI is InChI=1S/C25H33ClN6O2/c1-19-4-3-5-20(2)25(19)28-23(33)17-29-10-14-32(15-11-29)24(34)18-30-8-12-31(13-9-30)22-7-6-21(26)16-27-22/h3-7,16H,8-15,17-18H2,1-2H3,(H,28,33). The Balaban J connectivity index is 1.17. The van der Waals surface area contributed by atoms with E-state index >= 15 is 0 Å². The van der Waals surface area contributed by atoms with Gasteiger partial charge in [0, 0.05) is 64.2 Å². The molecule has 0 aliphatic carbocycles. The molecule has 2 saturated heterocycles. The predicted molar refractivity (Wildman–Crippen MR) is 135 cm³/mol. The highest BCUT2D eigenvalue weighted by Gasteiger charge is 2.26. The third-order valence-electron chi connectivity index (χ3n) is 6.60. The second kappa shape index (κ2) is 11.2. The highest BCUT2D eigenvalue weighted by molar-refractivity contribution is 6.30. The minimum atomic E-state index is -0.00905. The zero-order valence-electron chi connectivity index (χ0n) is 20.0. The van der Waals surface area contributed by atoms with E-state index in [2.05, 4.69) is 25.0 Å². The normalized spacial score (nSPS) is 17.6. The Morgan fingerprint density at radius 2 is 1.50 bits per heavy atom. The molecule has 0 spiro atoms. The van der Waals surface area contributed by atoms with Crippen LogP contribution in [0.1, 0.15) is 11.1 Å². The third kappa shape index (κ3) is 6.25. The van der Waals surface area contributed by atoms with Crippen LogP contribution < -0.4 is 10.2 Å². The maximum Gasteiger partial charge on any atom is 0.238 e. The molecule has 9 heteroatoms. The van der Waals surface area contributed by atoms with Crippen LogP contribution in [0, 0.1) is 13.8 Å². The number of halogens is 1. The van der Waals surface area contributed by atoms with Crippen molar-refractivity contribution in [1.29, 1.82) is 0 Å². The molecule has 0 radical (unpaired) electrons. The zero-order chi connectivity index (χ0) is 24.1. The Labute approximate surface area is 206 Å². The molecule has 2 aliphatic heterocycles. The molecule has 0 saturated carbocycles. The number of rotatable bonds is 6. The fourth-order valence-electron chi connectivity index (χ4n) is 4.53. The van der Waals surface area contributed by atoms with Crippen LogP contribution in [-0.2, 0) is 9.59 Å². The van der Waals surface area contributed by atoms with Gasteiger partial charge in [0.25, 0.3) is 0 Å². The van der Waals surface area contributed by atoms with Crippen molar-refractivity contribution in [2.75, 3.05) is 75.7 Å². The van der Waals surface area contributed by atoms with Gasteiger partial charge < -0.3 is 15.1 Å². The first kappa shape index (κ1) is 24.4. The number of amides is 2. The van der Waals surface area contributed by atoms with Gasteiger partial charge in [-0.2, -0.15) is 0 Å². The SMILES string of the molecule is Cc1cccc(C)c1NC(=O)CN1CCN(C(=O)CN2CCN(c3ccc(Cl)cn3)CC2)CC1. The Morgan fingerprint density at radius 3 is 2.12 bits per heavy atom. The van der Waals surface area contributed by atoms with Crippen molar-refractivity contribution in [3.05, 3.63) is 52.7 Å². The Morgan fingerprint density at radius 1 is 0.882 bits per heavy atom. The number of carbonyl (C=O) groups is 2. The highest BCUT2D eigenvalue weighted by atomic mass is 35.5. The first-order valence-electron chi connectivity index (χ1n) is 11.8. The van der Waals surface area contributed by atoms with Crippen molar-refractivity contribution >= 4 is 34.9 Å². The average Bonchev–Trinajstić information content (AvgIpc) is 2.83. The largest absolute Gasteiger partial charge is 0.354 e. The van der Waals surface area contributed by atoms with Gasteiger partial charge in [0.1, 0.15) is 5.82 Å². The van der Waals surface area contributed by atoms with Crippen molar-refractivity contribution in [3.63, 3.8) is 0 Å². The second-order valence-corrected chi connectivity index (χ2v) is 9.51. The molecular formula is C25H33ClN6O2. The summed E-state index contributed by atoms with van der Waals surface area (Å²) in [5.74, 6) is 1.08. The molecule has 2 fully saturated rings. The lowest BCUT2D eigenvalue weighted by Gasteiger charge is -2.38. The average molecular weight is 485 g/mol. The predicted octanol–water partition coefficient (Wildman–Crippen LogP) is 2.26. The molecule has 8 nitrogen and oxygen atoms in total. The van der Waals surface area contributed by atoms with Crippen LogP contribution in [0.25, 0.3) is 0 Å². The number of para-hydroxylation sites is 1. The van der Waals surface area contributed by atoms with Gasteiger partial charge in [0.05, 0.1) is 18.1 Å². The Kier molecular flexibility index (Phi) is 8.03. The summed E-state index contributed by atoms with van der Waals surface area (Å²) in [5, 5.41) is 3.68. The monoisotopic (exact) mass is 484 g/mol. The number of aromatic nitrogens is 1. The number of carbonyl (C=O) groups excluding carboxylic acids is 2. The summed E-state index contributed by atoms with van der Waals surface area (Å²) >= 11 is 5.93. The number of hydrogen-bond acceptors (Lipinski definition) is 6. The molecule has 0 atom stereocenters. The number of benzene rings is 1. The number of aryl methyl sites for hydroxylation is 2. The van der Waals surface area contributed by atoms with Gasteiger partial charge in [-0.15, -0.1) is 0 Å². The van der Waals surface area contributed by atoms with Crippen LogP contribution in [0.3, 0.4) is 0 Å². The number of nitrogens with one attached hydrogen (secondary N) is 1. The number of pyridine rings is 1. The van der Waals surface area contributed by atoms with Crippen molar-refractivity contribution in [2.45, 2.75) is 13.8 Å². The van der Waals surface area contributed by atoms with E-state index in [-0.39, 0.29) is 11.8 Å². The molecule has 182 valence electrons. The van der Waals surface area contributed by atoms with Gasteiger partial charge in [-0.25, -0.2) is 4.98 Å². The van der Waals surface area contributed by atoms with E-state index in [9.17, 15) is 9.59 Å². The van der Waals surface area contributed by atoms with Crippen molar-refractivity contribution in [2.24, 2.45) is 0 Å². The molecule has 0 bridgehead atoms. The maximum atomic E-state index is 12.8. The first-order chi connectivity index (χ1) is 16.4. The lowest BCUT2D eigenvalue weighted by molar-refractivity contribution is -0.134. The van der Waals surface area contributed by atoms with E-state index in [1.165, 1.54) is 0 Å². The van der Waals surface area contributed by atoms with Gasteiger partial charge >= 0.3 is 0 Å². The highest BCUT2D eigenvalue weighted by Crippen LogP contribution is 2.19. The van der Waals surface area contributed by atoms with Crippen LogP contribution in [-0.4, -0.2) is 96.9 Å². The lowest BCUT2D eigenvalue weighted by atomic mass is 10.1. The van der Waals surface area contributed by atoms with Crippen LogP contribution >= 0.6 is 11.6 Å². The van der Waals surface area contributed by atoms with Crippen LogP contribution in [0.4, 0.5) is 11.5 Å². The minimum absolute atomic E-state index is 0.00905. The molecule has 1 N–H and O–H groups in total. The topological polar surface area (TPSA) is 72.0 Å². The summed E-state index contributed by atoms with van der Waals surface area (Å²) in [5.41, 5.74) is 3.02. The summed E-state index contributed by atoms with van der Waals surface area (Å²) < 4.78 is 0.